The number of carbonyl (C=O) groups excluding carboxylic acids is 1. The summed E-state index contributed by atoms with van der Waals surface area (Å²) in [6.07, 6.45) is 1.22. The highest BCUT2D eigenvalue weighted by atomic mass is 32.1. The Morgan fingerprint density at radius 3 is 2.88 bits per heavy atom. The Balaban J connectivity index is 2.28. The van der Waals surface area contributed by atoms with E-state index in [2.05, 4.69) is 0 Å². The summed E-state index contributed by atoms with van der Waals surface area (Å²) in [6, 6.07) is 1.96. The van der Waals surface area contributed by atoms with E-state index in [4.69, 9.17) is 0 Å². The van der Waals surface area contributed by atoms with Crippen LogP contribution in [0, 0.1) is 6.92 Å². The topological polar surface area (TPSA) is 40.5 Å². The molecule has 0 radical (unpaired) electrons. The highest BCUT2D eigenvalue weighted by Crippen LogP contribution is 2.31. The van der Waals surface area contributed by atoms with Gasteiger partial charge in [0.05, 0.1) is 16.5 Å². The summed E-state index contributed by atoms with van der Waals surface area (Å²) in [5, 5.41) is 12.0. The second-order valence-electron chi connectivity index (χ2n) is 5.20. The van der Waals surface area contributed by atoms with Gasteiger partial charge in [-0.2, -0.15) is 0 Å². The van der Waals surface area contributed by atoms with Crippen molar-refractivity contribution in [3.8, 4) is 0 Å². The molecule has 1 aliphatic rings. The molecule has 1 aromatic rings. The number of thiophene rings is 1. The first kappa shape index (κ1) is 12.6. The predicted octanol–water partition coefficient (Wildman–Crippen LogP) is 2.43. The predicted molar refractivity (Wildman–Crippen MR) is 69.4 cm³/mol. The van der Waals surface area contributed by atoms with Crippen molar-refractivity contribution in [2.45, 2.75) is 45.3 Å². The fourth-order valence-electron chi connectivity index (χ4n) is 2.34. The summed E-state index contributed by atoms with van der Waals surface area (Å²) in [7, 11) is 0. The molecule has 1 unspecified atom stereocenters. The van der Waals surface area contributed by atoms with Crippen molar-refractivity contribution in [1.29, 1.82) is 0 Å². The van der Waals surface area contributed by atoms with E-state index in [9.17, 15) is 9.90 Å². The van der Waals surface area contributed by atoms with Crippen LogP contribution in [-0.2, 0) is 0 Å². The zero-order valence-electron chi connectivity index (χ0n) is 10.6. The van der Waals surface area contributed by atoms with Crippen molar-refractivity contribution >= 4 is 17.2 Å². The number of hydrogen-bond donors (Lipinski definition) is 1. The van der Waals surface area contributed by atoms with E-state index in [0.717, 1.165) is 29.8 Å². The molecule has 2 rings (SSSR count). The van der Waals surface area contributed by atoms with Crippen LogP contribution in [0.3, 0.4) is 0 Å². The summed E-state index contributed by atoms with van der Waals surface area (Å²) in [5.74, 6) is 0.0567. The third-order valence-electron chi connectivity index (χ3n) is 3.67. The normalized spacial score (nSPS) is 23.8. The largest absolute Gasteiger partial charge is 0.391 e. The number of amides is 1. The van der Waals surface area contributed by atoms with E-state index in [1.807, 2.05) is 37.1 Å². The van der Waals surface area contributed by atoms with Gasteiger partial charge in [-0.25, -0.2) is 0 Å². The van der Waals surface area contributed by atoms with Crippen molar-refractivity contribution in [3.63, 3.8) is 0 Å². The van der Waals surface area contributed by atoms with Gasteiger partial charge in [0.15, 0.2) is 0 Å². The molecule has 1 saturated heterocycles. The maximum atomic E-state index is 12.5. The lowest BCUT2D eigenvalue weighted by Crippen LogP contribution is -2.58. The molecule has 94 valence electrons. The van der Waals surface area contributed by atoms with Gasteiger partial charge >= 0.3 is 0 Å². The first-order valence-corrected chi connectivity index (χ1v) is 6.86. The molecule has 3 nitrogen and oxygen atoms in total. The van der Waals surface area contributed by atoms with Gasteiger partial charge in [0, 0.05) is 6.54 Å². The monoisotopic (exact) mass is 253 g/mol. The van der Waals surface area contributed by atoms with Gasteiger partial charge in [0.1, 0.15) is 0 Å². The highest BCUT2D eigenvalue weighted by Gasteiger charge is 2.40. The molecule has 1 atom stereocenters. The Bertz CT molecular complexity index is 425. The molecule has 1 N–H and O–H groups in total. The molecular weight excluding hydrogens is 234 g/mol. The van der Waals surface area contributed by atoms with E-state index in [0.29, 0.717) is 0 Å². The lowest BCUT2D eigenvalue weighted by Gasteiger charge is -2.45. The smallest absolute Gasteiger partial charge is 0.264 e. The minimum absolute atomic E-state index is 0.0567. The molecule has 0 spiro atoms. The lowest BCUT2D eigenvalue weighted by atomic mass is 9.87. The van der Waals surface area contributed by atoms with E-state index >= 15 is 0 Å². The molecular formula is C13H19NO2S. The van der Waals surface area contributed by atoms with Gasteiger partial charge < -0.3 is 10.0 Å². The Hall–Kier alpha value is -0.870. The third kappa shape index (κ3) is 2.11. The van der Waals surface area contributed by atoms with Crippen LogP contribution in [0.25, 0.3) is 0 Å². The van der Waals surface area contributed by atoms with Gasteiger partial charge in [-0.1, -0.05) is 0 Å². The molecule has 0 saturated carbocycles. The number of aliphatic hydroxyl groups is 1. The molecule has 0 bridgehead atoms. The van der Waals surface area contributed by atoms with Crippen LogP contribution in [-0.4, -0.2) is 34.1 Å². The Morgan fingerprint density at radius 1 is 1.59 bits per heavy atom. The molecule has 0 aliphatic carbocycles. The number of aliphatic hydroxyl groups excluding tert-OH is 1. The number of aryl methyl sites for hydroxylation is 1. The molecule has 17 heavy (non-hydrogen) atoms. The summed E-state index contributed by atoms with van der Waals surface area (Å²) < 4.78 is 0. The minimum Gasteiger partial charge on any atom is -0.391 e. The fourth-order valence-corrected chi connectivity index (χ4v) is 3.21. The number of carbonyl (C=O) groups is 1. The molecule has 4 heteroatoms. The van der Waals surface area contributed by atoms with Gasteiger partial charge in [-0.05, 0) is 50.6 Å². The minimum atomic E-state index is -0.467. The van der Waals surface area contributed by atoms with Gasteiger partial charge in [0.2, 0.25) is 0 Å². The van der Waals surface area contributed by atoms with E-state index in [1.165, 1.54) is 11.3 Å². The number of piperidine rings is 1. The molecule has 2 heterocycles. The molecule has 0 aromatic carbocycles. The van der Waals surface area contributed by atoms with Crippen LogP contribution in [0.2, 0.25) is 0 Å². The second kappa shape index (κ2) is 4.42. The second-order valence-corrected chi connectivity index (χ2v) is 6.12. The maximum absolute atomic E-state index is 12.5. The SMILES string of the molecule is Cc1ccsc1C(=O)N1CCCC(O)C1(C)C. The Kier molecular flexibility index (Phi) is 3.27. The van der Waals surface area contributed by atoms with Gasteiger partial charge in [-0.3, -0.25) is 4.79 Å². The maximum Gasteiger partial charge on any atom is 0.264 e. The number of nitrogens with zero attached hydrogens (tertiary/aromatic N) is 1. The number of rotatable bonds is 1. The van der Waals surface area contributed by atoms with Crippen LogP contribution in [0.5, 0.6) is 0 Å². The van der Waals surface area contributed by atoms with Crippen molar-refractivity contribution in [2.75, 3.05) is 6.54 Å². The first-order valence-electron chi connectivity index (χ1n) is 5.98. The zero-order valence-corrected chi connectivity index (χ0v) is 11.4. The van der Waals surface area contributed by atoms with Crippen molar-refractivity contribution in [1.82, 2.24) is 4.90 Å². The fraction of sp³-hybridized carbons (Fsp3) is 0.615. The summed E-state index contributed by atoms with van der Waals surface area (Å²) in [6.45, 7) is 6.58. The zero-order chi connectivity index (χ0) is 12.6. The van der Waals surface area contributed by atoms with Crippen molar-refractivity contribution in [2.24, 2.45) is 0 Å². The average Bonchev–Trinajstić information content (AvgIpc) is 2.68. The van der Waals surface area contributed by atoms with E-state index in [-0.39, 0.29) is 5.91 Å². The lowest BCUT2D eigenvalue weighted by molar-refractivity contribution is -0.0305. The van der Waals surface area contributed by atoms with Crippen LogP contribution in [0.4, 0.5) is 0 Å². The molecule has 1 aromatic heterocycles. The standard InChI is InChI=1S/C13H19NO2S/c1-9-6-8-17-11(9)12(16)14-7-4-5-10(15)13(14,2)3/h6,8,10,15H,4-5,7H2,1-3H3. The van der Waals surface area contributed by atoms with E-state index in [1.54, 1.807) is 0 Å². The molecule has 1 aliphatic heterocycles. The van der Waals surface area contributed by atoms with Crippen molar-refractivity contribution in [3.05, 3.63) is 21.9 Å². The van der Waals surface area contributed by atoms with Gasteiger partial charge in [0.25, 0.3) is 5.91 Å². The highest BCUT2D eigenvalue weighted by molar-refractivity contribution is 7.12. The number of likely N-dealkylation sites (tertiary alicyclic amines) is 1. The van der Waals surface area contributed by atoms with Crippen LogP contribution in [0.1, 0.15) is 41.9 Å². The Morgan fingerprint density at radius 2 is 2.29 bits per heavy atom. The summed E-state index contributed by atoms with van der Waals surface area (Å²) in [4.78, 5) is 15.1. The quantitative estimate of drug-likeness (QED) is 0.835. The van der Waals surface area contributed by atoms with Crippen LogP contribution < -0.4 is 0 Å². The van der Waals surface area contributed by atoms with Crippen LogP contribution in [0.15, 0.2) is 11.4 Å². The van der Waals surface area contributed by atoms with Crippen molar-refractivity contribution < 1.29 is 9.90 Å². The third-order valence-corrected chi connectivity index (χ3v) is 4.68. The van der Waals surface area contributed by atoms with Gasteiger partial charge in [-0.15, -0.1) is 11.3 Å². The Labute approximate surface area is 106 Å². The molecule has 1 amide bonds. The average molecular weight is 253 g/mol. The van der Waals surface area contributed by atoms with E-state index < -0.39 is 11.6 Å². The summed E-state index contributed by atoms with van der Waals surface area (Å²) >= 11 is 1.48. The van der Waals surface area contributed by atoms with Crippen LogP contribution >= 0.6 is 11.3 Å². The summed E-state index contributed by atoms with van der Waals surface area (Å²) in [5.41, 5.74) is 0.557. The first-order chi connectivity index (χ1) is 7.94. The number of hydrogen-bond acceptors (Lipinski definition) is 3. The molecule has 1 fully saturated rings.